The van der Waals surface area contributed by atoms with Crippen LogP contribution in [0.5, 0.6) is 11.5 Å². The van der Waals surface area contributed by atoms with E-state index >= 15 is 0 Å². The molecule has 0 radical (unpaired) electrons. The molecule has 0 saturated carbocycles. The summed E-state index contributed by atoms with van der Waals surface area (Å²) in [6.45, 7) is 0.966. The highest BCUT2D eigenvalue weighted by molar-refractivity contribution is 5.92. The summed E-state index contributed by atoms with van der Waals surface area (Å²) in [4.78, 5) is 24.8. The van der Waals surface area contributed by atoms with Crippen molar-refractivity contribution in [3.05, 3.63) is 70.8 Å². The number of amides is 1. The van der Waals surface area contributed by atoms with E-state index in [0.29, 0.717) is 47.4 Å². The van der Waals surface area contributed by atoms with Crippen LogP contribution in [0.1, 0.15) is 5.82 Å². The normalized spacial score (nSPS) is 12.7. The molecule has 0 spiro atoms. The zero-order valence-corrected chi connectivity index (χ0v) is 15.8. The molecule has 0 saturated heterocycles. The van der Waals surface area contributed by atoms with Crippen LogP contribution in [-0.4, -0.2) is 38.9 Å². The maximum Gasteiger partial charge on any atom is 0.290 e. The van der Waals surface area contributed by atoms with Crippen LogP contribution >= 0.6 is 0 Å². The van der Waals surface area contributed by atoms with Crippen molar-refractivity contribution in [3.8, 4) is 22.8 Å². The first-order chi connectivity index (χ1) is 14.7. The molecule has 0 fully saturated rings. The summed E-state index contributed by atoms with van der Waals surface area (Å²) in [6, 6.07) is 16.4. The molecule has 2 N–H and O–H groups in total. The second-order valence-corrected chi connectivity index (χ2v) is 6.74. The fourth-order valence-corrected chi connectivity index (χ4v) is 3.29. The number of H-pyrrole nitrogens is 1. The lowest BCUT2D eigenvalue weighted by molar-refractivity contribution is -0.115. The Hall–Kier alpha value is -4.14. The van der Waals surface area contributed by atoms with Crippen molar-refractivity contribution < 1.29 is 14.3 Å². The van der Waals surface area contributed by atoms with Crippen molar-refractivity contribution >= 4 is 17.1 Å². The van der Waals surface area contributed by atoms with Gasteiger partial charge in [-0.1, -0.05) is 30.3 Å². The second kappa shape index (κ2) is 7.36. The first kappa shape index (κ1) is 17.9. The Morgan fingerprint density at radius 2 is 1.87 bits per heavy atom. The van der Waals surface area contributed by atoms with Crippen molar-refractivity contribution in [2.45, 2.75) is 6.42 Å². The molecule has 0 atom stereocenters. The van der Waals surface area contributed by atoms with E-state index in [2.05, 4.69) is 20.6 Å². The van der Waals surface area contributed by atoms with Gasteiger partial charge in [0.15, 0.2) is 17.3 Å². The van der Waals surface area contributed by atoms with Gasteiger partial charge in [0.2, 0.25) is 5.91 Å². The Balaban J connectivity index is 1.41. The minimum Gasteiger partial charge on any atom is -0.486 e. The number of nitrogens with one attached hydrogen (secondary N) is 2. The SMILES string of the molecule is O=C(Cc1n[nH]c(=O)c2cc(-c3ccccc3)nn12)Nc1ccc2c(c1)OCCO2. The summed E-state index contributed by atoms with van der Waals surface area (Å²) >= 11 is 0. The van der Waals surface area contributed by atoms with Crippen LogP contribution in [0.3, 0.4) is 0 Å². The number of rotatable bonds is 4. The molecule has 0 bridgehead atoms. The smallest absolute Gasteiger partial charge is 0.290 e. The van der Waals surface area contributed by atoms with Gasteiger partial charge >= 0.3 is 0 Å². The lowest BCUT2D eigenvalue weighted by atomic mass is 10.1. The number of aromatic amines is 1. The van der Waals surface area contributed by atoms with E-state index in [1.165, 1.54) is 4.52 Å². The fourth-order valence-electron chi connectivity index (χ4n) is 3.29. The molecule has 9 nitrogen and oxygen atoms in total. The summed E-state index contributed by atoms with van der Waals surface area (Å²) in [5.74, 6) is 1.25. The van der Waals surface area contributed by atoms with Crippen LogP contribution in [0, 0.1) is 0 Å². The third-order valence-electron chi connectivity index (χ3n) is 4.69. The second-order valence-electron chi connectivity index (χ2n) is 6.74. The Bertz CT molecular complexity index is 1300. The first-order valence-corrected chi connectivity index (χ1v) is 9.40. The van der Waals surface area contributed by atoms with Gasteiger partial charge < -0.3 is 14.8 Å². The number of ether oxygens (including phenoxy) is 2. The summed E-state index contributed by atoms with van der Waals surface area (Å²) in [6.07, 6.45) is -0.0718. The summed E-state index contributed by atoms with van der Waals surface area (Å²) in [5, 5.41) is 13.7. The molecule has 5 rings (SSSR count). The van der Waals surface area contributed by atoms with E-state index in [4.69, 9.17) is 9.47 Å². The van der Waals surface area contributed by atoms with Crippen molar-refractivity contribution in [3.63, 3.8) is 0 Å². The largest absolute Gasteiger partial charge is 0.486 e. The monoisotopic (exact) mass is 403 g/mol. The molecule has 1 aliphatic rings. The molecule has 4 aromatic rings. The van der Waals surface area contributed by atoms with Crippen LogP contribution in [0.4, 0.5) is 5.69 Å². The molecule has 0 unspecified atom stereocenters. The van der Waals surface area contributed by atoms with Crippen molar-refractivity contribution in [1.82, 2.24) is 19.8 Å². The van der Waals surface area contributed by atoms with Crippen LogP contribution < -0.4 is 20.3 Å². The van der Waals surface area contributed by atoms with Crippen molar-refractivity contribution in [2.24, 2.45) is 0 Å². The molecular weight excluding hydrogens is 386 g/mol. The lowest BCUT2D eigenvalue weighted by Gasteiger charge is -2.19. The molecule has 30 heavy (non-hydrogen) atoms. The molecule has 1 amide bonds. The molecule has 0 aliphatic carbocycles. The Morgan fingerprint density at radius 3 is 2.70 bits per heavy atom. The van der Waals surface area contributed by atoms with E-state index in [1.54, 1.807) is 24.3 Å². The fraction of sp³-hybridized carbons (Fsp3) is 0.143. The van der Waals surface area contributed by atoms with Crippen LogP contribution in [-0.2, 0) is 11.2 Å². The molecule has 1 aliphatic heterocycles. The zero-order chi connectivity index (χ0) is 20.5. The molecule has 2 aromatic heterocycles. The van der Waals surface area contributed by atoms with Crippen LogP contribution in [0.25, 0.3) is 16.8 Å². The molecule has 2 aromatic carbocycles. The minimum atomic E-state index is -0.374. The Morgan fingerprint density at radius 1 is 1.07 bits per heavy atom. The highest BCUT2D eigenvalue weighted by atomic mass is 16.6. The predicted octanol–water partition coefficient (Wildman–Crippen LogP) is 2.04. The number of carbonyl (C=O) groups excluding carboxylic acids is 1. The number of nitrogens with zero attached hydrogens (tertiary/aromatic N) is 3. The number of anilines is 1. The van der Waals surface area contributed by atoms with Gasteiger partial charge in [-0.2, -0.15) is 10.2 Å². The van der Waals surface area contributed by atoms with Crippen LogP contribution in [0.2, 0.25) is 0 Å². The van der Waals surface area contributed by atoms with Crippen LogP contribution in [0.15, 0.2) is 59.4 Å². The number of aromatic nitrogens is 4. The number of hydrogen-bond acceptors (Lipinski definition) is 6. The van der Waals surface area contributed by atoms with Gasteiger partial charge in [0.05, 0.1) is 12.1 Å². The molecular formula is C21H17N5O4. The van der Waals surface area contributed by atoms with Gasteiger partial charge in [-0.25, -0.2) is 9.61 Å². The van der Waals surface area contributed by atoms with Gasteiger partial charge in [-0.15, -0.1) is 0 Å². The minimum absolute atomic E-state index is 0.0718. The number of benzene rings is 2. The van der Waals surface area contributed by atoms with E-state index in [0.717, 1.165) is 5.56 Å². The van der Waals surface area contributed by atoms with Gasteiger partial charge in [-0.3, -0.25) is 9.59 Å². The average Bonchev–Trinajstić information content (AvgIpc) is 3.23. The Labute approximate surface area is 170 Å². The van der Waals surface area contributed by atoms with Crippen molar-refractivity contribution in [2.75, 3.05) is 18.5 Å². The van der Waals surface area contributed by atoms with E-state index in [1.807, 2.05) is 30.3 Å². The van der Waals surface area contributed by atoms with E-state index in [9.17, 15) is 9.59 Å². The number of hydrogen-bond donors (Lipinski definition) is 2. The third-order valence-corrected chi connectivity index (χ3v) is 4.69. The topological polar surface area (TPSA) is 111 Å². The van der Waals surface area contributed by atoms with Gasteiger partial charge in [-0.05, 0) is 18.2 Å². The van der Waals surface area contributed by atoms with Gasteiger partial charge in [0.25, 0.3) is 5.56 Å². The third kappa shape index (κ3) is 3.37. The lowest BCUT2D eigenvalue weighted by Crippen LogP contribution is -2.22. The number of carbonyl (C=O) groups is 1. The summed E-state index contributed by atoms with van der Waals surface area (Å²) in [7, 11) is 0. The maximum absolute atomic E-state index is 12.6. The average molecular weight is 403 g/mol. The standard InChI is InChI=1S/C21H17N5O4/c27-20(22-14-6-7-17-18(10-14)30-9-8-29-17)12-19-23-24-21(28)16-11-15(25-26(16)19)13-4-2-1-3-5-13/h1-7,10-11H,8-9,12H2,(H,22,27)(H,24,28). The zero-order valence-electron chi connectivity index (χ0n) is 15.8. The molecule has 150 valence electrons. The predicted molar refractivity (Wildman–Crippen MR) is 109 cm³/mol. The number of fused-ring (bicyclic) bond motifs is 2. The highest BCUT2D eigenvalue weighted by Gasteiger charge is 2.16. The first-order valence-electron chi connectivity index (χ1n) is 9.40. The van der Waals surface area contributed by atoms with E-state index in [-0.39, 0.29) is 17.9 Å². The Kier molecular flexibility index (Phi) is 4.40. The molecule has 3 heterocycles. The summed E-state index contributed by atoms with van der Waals surface area (Å²) in [5.41, 5.74) is 2.02. The highest BCUT2D eigenvalue weighted by Crippen LogP contribution is 2.32. The van der Waals surface area contributed by atoms with Gasteiger partial charge in [0.1, 0.15) is 18.7 Å². The quantitative estimate of drug-likeness (QED) is 0.540. The van der Waals surface area contributed by atoms with E-state index < -0.39 is 0 Å². The maximum atomic E-state index is 12.6. The molecule has 9 heteroatoms. The summed E-state index contributed by atoms with van der Waals surface area (Å²) < 4.78 is 12.4. The van der Waals surface area contributed by atoms with Gasteiger partial charge in [0, 0.05) is 17.3 Å². The van der Waals surface area contributed by atoms with Crippen molar-refractivity contribution in [1.29, 1.82) is 0 Å².